The maximum Gasteiger partial charge on any atom is -0.0262 e. The van der Waals surface area contributed by atoms with Crippen molar-refractivity contribution in [3.63, 3.8) is 0 Å². The molecule has 166 valence electrons. The monoisotopic (exact) mass is 390 g/mol. The summed E-state index contributed by atoms with van der Waals surface area (Å²) >= 11 is 0. The van der Waals surface area contributed by atoms with Crippen LogP contribution in [-0.2, 0) is 0 Å². The summed E-state index contributed by atoms with van der Waals surface area (Å²) in [5.41, 5.74) is 0. The molecule has 0 spiro atoms. The van der Waals surface area contributed by atoms with Gasteiger partial charge in [0.15, 0.2) is 0 Å². The largest absolute Gasteiger partial charge is 0.0883 e. The molecule has 3 unspecified atom stereocenters. The van der Waals surface area contributed by atoms with Crippen LogP contribution in [0.3, 0.4) is 0 Å². The van der Waals surface area contributed by atoms with Crippen LogP contribution in [0, 0.1) is 31.6 Å². The van der Waals surface area contributed by atoms with E-state index in [1.54, 1.807) is 0 Å². The molecule has 0 amide bonds. The molecule has 0 nitrogen and oxygen atoms in total. The molecule has 0 heteroatoms. The molecule has 0 saturated carbocycles. The van der Waals surface area contributed by atoms with Crippen LogP contribution in [0.1, 0.15) is 136 Å². The molecule has 0 N–H and O–H groups in total. The summed E-state index contributed by atoms with van der Waals surface area (Å²) in [6.45, 7) is 15.1. The van der Waals surface area contributed by atoms with E-state index < -0.39 is 0 Å². The highest BCUT2D eigenvalue weighted by atomic mass is 14.1. The SMILES string of the molecule is [CH2]CCCCCCCCC(C)CC/C=C/C(C)CCC(C)CCCCCC[CH2]. The average Bonchev–Trinajstić information content (AvgIpc) is 2.68. The molecule has 28 heavy (non-hydrogen) atoms. The van der Waals surface area contributed by atoms with Crippen molar-refractivity contribution in [3.8, 4) is 0 Å². The summed E-state index contributed by atoms with van der Waals surface area (Å²) in [7, 11) is 0. The zero-order valence-corrected chi connectivity index (χ0v) is 20.0. The number of allylic oxidation sites excluding steroid dienone is 2. The molecule has 0 aromatic carbocycles. The highest BCUT2D eigenvalue weighted by molar-refractivity contribution is 4.86. The lowest BCUT2D eigenvalue weighted by molar-refractivity contribution is 0.422. The van der Waals surface area contributed by atoms with E-state index in [9.17, 15) is 0 Å². The maximum atomic E-state index is 3.93. The van der Waals surface area contributed by atoms with Crippen LogP contribution in [0.15, 0.2) is 12.2 Å². The predicted molar refractivity (Wildman–Crippen MR) is 130 cm³/mol. The minimum atomic E-state index is 0.752. The van der Waals surface area contributed by atoms with Gasteiger partial charge in [0, 0.05) is 0 Å². The van der Waals surface area contributed by atoms with Crippen LogP contribution in [0.25, 0.3) is 0 Å². The Labute approximate surface area is 180 Å². The van der Waals surface area contributed by atoms with Crippen molar-refractivity contribution in [1.29, 1.82) is 0 Å². The van der Waals surface area contributed by atoms with E-state index in [2.05, 4.69) is 46.8 Å². The van der Waals surface area contributed by atoms with Gasteiger partial charge in [0.2, 0.25) is 0 Å². The molecule has 0 saturated heterocycles. The van der Waals surface area contributed by atoms with E-state index in [0.29, 0.717) is 0 Å². The summed E-state index contributed by atoms with van der Waals surface area (Å²) in [6.07, 6.45) is 29.3. The normalized spacial score (nSPS) is 15.2. The first-order chi connectivity index (χ1) is 13.6. The summed E-state index contributed by atoms with van der Waals surface area (Å²) in [5.74, 6) is 2.54. The molecule has 0 aromatic rings. The number of rotatable bonds is 21. The van der Waals surface area contributed by atoms with Crippen molar-refractivity contribution in [3.05, 3.63) is 26.0 Å². The van der Waals surface area contributed by atoms with Crippen LogP contribution in [0.4, 0.5) is 0 Å². The summed E-state index contributed by atoms with van der Waals surface area (Å²) < 4.78 is 0. The van der Waals surface area contributed by atoms with Gasteiger partial charge in [0.25, 0.3) is 0 Å². The molecule has 0 rings (SSSR count). The fraction of sp³-hybridized carbons (Fsp3) is 0.857. The second-order valence-electron chi connectivity index (χ2n) is 9.59. The van der Waals surface area contributed by atoms with Crippen LogP contribution >= 0.6 is 0 Å². The fourth-order valence-corrected chi connectivity index (χ4v) is 4.04. The van der Waals surface area contributed by atoms with Gasteiger partial charge >= 0.3 is 0 Å². The third-order valence-corrected chi connectivity index (χ3v) is 6.30. The molecule has 0 aliphatic rings. The van der Waals surface area contributed by atoms with Gasteiger partial charge in [0.1, 0.15) is 0 Å². The minimum Gasteiger partial charge on any atom is -0.0883 e. The topological polar surface area (TPSA) is 0 Å². The smallest absolute Gasteiger partial charge is 0.0262 e. The lowest BCUT2D eigenvalue weighted by Crippen LogP contribution is -1.99. The Morgan fingerprint density at radius 1 is 0.536 bits per heavy atom. The number of hydrogen-bond acceptors (Lipinski definition) is 0. The Bertz CT molecular complexity index is 316. The van der Waals surface area contributed by atoms with Gasteiger partial charge in [-0.15, -0.1) is 0 Å². The number of unbranched alkanes of at least 4 members (excludes halogenated alkanes) is 10. The van der Waals surface area contributed by atoms with E-state index in [0.717, 1.165) is 30.6 Å². The molecule has 0 aromatic heterocycles. The van der Waals surface area contributed by atoms with E-state index in [1.165, 1.54) is 103 Å². The van der Waals surface area contributed by atoms with Crippen LogP contribution < -0.4 is 0 Å². The molecule has 2 radical (unpaired) electrons. The van der Waals surface area contributed by atoms with Gasteiger partial charge in [-0.1, -0.05) is 143 Å². The summed E-state index contributed by atoms with van der Waals surface area (Å²) in [4.78, 5) is 0. The minimum absolute atomic E-state index is 0.752. The number of hydrogen-bond donors (Lipinski definition) is 0. The van der Waals surface area contributed by atoms with Crippen molar-refractivity contribution in [2.24, 2.45) is 17.8 Å². The summed E-state index contributed by atoms with van der Waals surface area (Å²) in [6, 6.07) is 0. The second-order valence-corrected chi connectivity index (χ2v) is 9.59. The van der Waals surface area contributed by atoms with Gasteiger partial charge in [0.05, 0.1) is 0 Å². The highest BCUT2D eigenvalue weighted by Gasteiger charge is 2.05. The van der Waals surface area contributed by atoms with Gasteiger partial charge in [-0.3, -0.25) is 0 Å². The van der Waals surface area contributed by atoms with Gasteiger partial charge < -0.3 is 0 Å². The molecular formula is C28H54. The third-order valence-electron chi connectivity index (χ3n) is 6.30. The molecule has 0 aliphatic carbocycles. The van der Waals surface area contributed by atoms with Crippen molar-refractivity contribution in [2.75, 3.05) is 0 Å². The Morgan fingerprint density at radius 2 is 1.00 bits per heavy atom. The summed E-state index contributed by atoms with van der Waals surface area (Å²) in [5, 5.41) is 0. The Balaban J connectivity index is 3.54. The Hall–Kier alpha value is -0.260. The highest BCUT2D eigenvalue weighted by Crippen LogP contribution is 2.20. The standard InChI is InChI=1S/C28H54/c1-6-8-10-12-13-15-17-20-26(3)22-18-19-23-28(5)25-24-27(4)21-16-14-11-9-7-2/h19,23,26-28H,1-2,6-18,20-22,24-25H2,3-5H3/b23-19+. The van der Waals surface area contributed by atoms with Crippen LogP contribution in [-0.4, -0.2) is 0 Å². The Morgan fingerprint density at radius 3 is 1.54 bits per heavy atom. The average molecular weight is 391 g/mol. The first-order valence-corrected chi connectivity index (χ1v) is 12.8. The van der Waals surface area contributed by atoms with Crippen LogP contribution in [0.2, 0.25) is 0 Å². The quantitative estimate of drug-likeness (QED) is 0.135. The van der Waals surface area contributed by atoms with Crippen molar-refractivity contribution in [2.45, 2.75) is 136 Å². The first-order valence-electron chi connectivity index (χ1n) is 12.8. The molecular weight excluding hydrogens is 336 g/mol. The zero-order valence-electron chi connectivity index (χ0n) is 20.0. The van der Waals surface area contributed by atoms with Crippen LogP contribution in [0.5, 0.6) is 0 Å². The third kappa shape index (κ3) is 20.5. The Kier molecular flexibility index (Phi) is 21.2. The first kappa shape index (κ1) is 27.7. The molecule has 3 atom stereocenters. The van der Waals surface area contributed by atoms with Crippen molar-refractivity contribution < 1.29 is 0 Å². The molecule has 0 fully saturated rings. The van der Waals surface area contributed by atoms with E-state index in [4.69, 9.17) is 0 Å². The van der Waals surface area contributed by atoms with E-state index in [-0.39, 0.29) is 0 Å². The van der Waals surface area contributed by atoms with Gasteiger partial charge in [-0.25, -0.2) is 0 Å². The fourth-order valence-electron chi connectivity index (χ4n) is 4.04. The predicted octanol–water partition coefficient (Wildman–Crippen LogP) is 10.1. The van der Waals surface area contributed by atoms with E-state index >= 15 is 0 Å². The zero-order chi connectivity index (χ0) is 20.9. The molecule has 0 aliphatic heterocycles. The molecule has 0 heterocycles. The van der Waals surface area contributed by atoms with Gasteiger partial charge in [-0.05, 0) is 37.0 Å². The second kappa shape index (κ2) is 21.4. The van der Waals surface area contributed by atoms with Crippen molar-refractivity contribution >= 4 is 0 Å². The van der Waals surface area contributed by atoms with Crippen molar-refractivity contribution in [1.82, 2.24) is 0 Å². The van der Waals surface area contributed by atoms with Gasteiger partial charge in [-0.2, -0.15) is 0 Å². The molecule has 0 bridgehead atoms. The lowest BCUT2D eigenvalue weighted by Gasteiger charge is -2.13. The maximum absolute atomic E-state index is 3.93. The van der Waals surface area contributed by atoms with E-state index in [1.807, 2.05) is 0 Å². The lowest BCUT2D eigenvalue weighted by atomic mass is 9.93.